The van der Waals surface area contributed by atoms with Gasteiger partial charge >= 0.3 is 15.6 Å². The van der Waals surface area contributed by atoms with Crippen LogP contribution < -0.4 is 5.32 Å². The number of aliphatic hydroxyl groups is 13. The number of amides is 1. The van der Waals surface area contributed by atoms with Gasteiger partial charge in [-0.3, -0.25) is 22.9 Å². The van der Waals surface area contributed by atoms with E-state index in [-0.39, 0.29) is 0 Å². The number of hydrogen-bond acceptors (Lipinski definition) is 22. The van der Waals surface area contributed by atoms with Crippen LogP contribution >= 0.6 is 15.6 Å². The van der Waals surface area contributed by atoms with Crippen molar-refractivity contribution in [3.63, 3.8) is 0 Å². The highest BCUT2D eigenvalue weighted by atomic mass is 31.2. The lowest BCUT2D eigenvalue weighted by molar-refractivity contribution is -0.294. The first-order valence-corrected chi connectivity index (χ1v) is 17.5. The lowest BCUT2D eigenvalue weighted by atomic mass is 9.96. The Balaban J connectivity index is 3.16. The molecule has 27 heteroatoms. The molecule has 1 aliphatic rings. The van der Waals surface area contributed by atoms with Gasteiger partial charge in [0.1, 0.15) is 79.3 Å². The van der Waals surface area contributed by atoms with Crippen molar-refractivity contribution in [3.05, 3.63) is 0 Å². The Labute approximate surface area is 283 Å². The first-order chi connectivity index (χ1) is 23.1. The van der Waals surface area contributed by atoms with E-state index in [4.69, 9.17) is 24.2 Å². The molecule has 2 unspecified atom stereocenters. The van der Waals surface area contributed by atoms with Gasteiger partial charge in [0, 0.05) is 6.92 Å². The molecule has 0 aromatic rings. The van der Waals surface area contributed by atoms with Crippen molar-refractivity contribution in [2.75, 3.05) is 46.2 Å². The maximum Gasteiger partial charge on any atom is 0.472 e. The molecule has 0 radical (unpaired) electrons. The monoisotopic (exact) mass is 783 g/mol. The Morgan fingerprint density at radius 3 is 1.46 bits per heavy atom. The Hall–Kier alpha value is -0.910. The van der Waals surface area contributed by atoms with Gasteiger partial charge < -0.3 is 91.0 Å². The van der Waals surface area contributed by atoms with Crippen LogP contribution in [-0.2, 0) is 41.5 Å². The van der Waals surface area contributed by atoms with E-state index in [0.717, 1.165) is 6.92 Å². The van der Waals surface area contributed by atoms with E-state index in [2.05, 4.69) is 18.9 Å². The van der Waals surface area contributed by atoms with Crippen LogP contribution in [-0.4, -0.2) is 214 Å². The summed E-state index contributed by atoms with van der Waals surface area (Å²) in [6.07, 6.45) is -25.9. The summed E-state index contributed by atoms with van der Waals surface area (Å²) >= 11 is 0. The van der Waals surface area contributed by atoms with E-state index in [1.807, 2.05) is 0 Å². The Morgan fingerprint density at radius 1 is 0.680 bits per heavy atom. The predicted molar refractivity (Wildman–Crippen MR) is 156 cm³/mol. The molecular weight excluding hydrogens is 736 g/mol. The van der Waals surface area contributed by atoms with Gasteiger partial charge in [0.05, 0.1) is 46.2 Å². The molecule has 0 spiro atoms. The molecule has 0 aromatic heterocycles. The van der Waals surface area contributed by atoms with Gasteiger partial charge in [0.15, 0.2) is 6.29 Å². The van der Waals surface area contributed by atoms with Gasteiger partial charge in [-0.25, -0.2) is 9.13 Å². The van der Waals surface area contributed by atoms with E-state index < -0.39 is 153 Å². The van der Waals surface area contributed by atoms with Crippen LogP contribution in [0.3, 0.4) is 0 Å². The molecule has 16 atom stereocenters. The molecule has 1 fully saturated rings. The third-order valence-electron chi connectivity index (χ3n) is 6.91. The molecule has 1 heterocycles. The number of phosphoric ester groups is 2. The zero-order valence-corrected chi connectivity index (χ0v) is 28.1. The van der Waals surface area contributed by atoms with Crippen molar-refractivity contribution < 1.29 is 118 Å². The van der Waals surface area contributed by atoms with Gasteiger partial charge in [0.25, 0.3) is 0 Å². The normalized spacial score (nSPS) is 29.3. The van der Waals surface area contributed by atoms with E-state index in [1.54, 1.807) is 0 Å². The van der Waals surface area contributed by atoms with Gasteiger partial charge in [-0.05, 0) is 0 Å². The van der Waals surface area contributed by atoms with E-state index in [1.165, 1.54) is 0 Å². The van der Waals surface area contributed by atoms with Crippen LogP contribution in [0, 0.1) is 0 Å². The first kappa shape index (κ1) is 47.1. The maximum atomic E-state index is 12.5. The molecule has 1 aliphatic heterocycles. The number of hydrogen-bond donors (Lipinski definition) is 16. The molecule has 0 aromatic carbocycles. The zero-order valence-electron chi connectivity index (χ0n) is 26.3. The van der Waals surface area contributed by atoms with E-state index in [0.29, 0.717) is 0 Å². The minimum Gasteiger partial charge on any atom is -0.394 e. The molecule has 298 valence electrons. The summed E-state index contributed by atoms with van der Waals surface area (Å²) in [5.74, 6) is -0.815. The summed E-state index contributed by atoms with van der Waals surface area (Å²) in [5.41, 5.74) is 0. The molecule has 25 nitrogen and oxygen atoms in total. The number of carbonyl (C=O) groups is 1. The van der Waals surface area contributed by atoms with Gasteiger partial charge in [0.2, 0.25) is 5.91 Å². The average molecular weight is 784 g/mol. The minimum absolute atomic E-state index is 0.815. The molecule has 16 N–H and O–H groups in total. The highest BCUT2D eigenvalue weighted by Gasteiger charge is 2.47. The van der Waals surface area contributed by atoms with Crippen LogP contribution in [0.1, 0.15) is 6.92 Å². The quantitative estimate of drug-likeness (QED) is 0.0404. The standard InChI is InChI=1S/C23H47NO24P2/c1-9(28)24-17-22(38)21(37)15(4-27)47-23(17)48-16(8-46-50(41,42)44-6-13(32)19(35)11(30)3-26)20(36)14(33)7-45-49(39,40)43-5-12(31)18(34)10(29)2-25/h10-23,25-27,29-38H,2-8H2,1H3,(H,24,28)(H,39,40)(H,41,42)/t10-,11-,12+,13-,14-,15+,16+,17+,18-,19-,20-,21+,22+,23+/m0/s1. The van der Waals surface area contributed by atoms with E-state index >= 15 is 0 Å². The summed E-state index contributed by atoms with van der Waals surface area (Å²) < 4.78 is 53.8. The Bertz CT molecular complexity index is 1090. The highest BCUT2D eigenvalue weighted by Crippen LogP contribution is 2.45. The fourth-order valence-electron chi connectivity index (χ4n) is 4.00. The lowest BCUT2D eigenvalue weighted by Gasteiger charge is -2.43. The topological polar surface area (TPSA) is 422 Å². The second-order valence-corrected chi connectivity index (χ2v) is 13.8. The molecule has 0 saturated carbocycles. The van der Waals surface area contributed by atoms with Crippen molar-refractivity contribution >= 4 is 21.6 Å². The van der Waals surface area contributed by atoms with Crippen LogP contribution in [0.2, 0.25) is 0 Å². The summed E-state index contributed by atoms with van der Waals surface area (Å²) in [7, 11) is -10.5. The largest absolute Gasteiger partial charge is 0.472 e. The Morgan fingerprint density at radius 2 is 1.08 bits per heavy atom. The third-order valence-corrected chi connectivity index (χ3v) is 8.81. The molecular formula is C23H47NO24P2. The second kappa shape index (κ2) is 21.7. The third kappa shape index (κ3) is 15.2. The molecule has 0 aliphatic carbocycles. The van der Waals surface area contributed by atoms with Crippen molar-refractivity contribution in [1.82, 2.24) is 5.32 Å². The molecule has 1 amide bonds. The lowest BCUT2D eigenvalue weighted by Crippen LogP contribution is -2.65. The van der Waals surface area contributed by atoms with Gasteiger partial charge in [-0.2, -0.15) is 0 Å². The van der Waals surface area contributed by atoms with Crippen LogP contribution in [0.15, 0.2) is 0 Å². The number of aliphatic hydroxyl groups excluding tert-OH is 13. The SMILES string of the molecule is CC(=O)N[C@H]1[C@@H](O[C@H](COP(=O)(O)OC[C@H](O)[C@@H](O)[C@@H](O)CO)[C@@H](O)[C@@H](O)COP(=O)(O)OC[C@@H](O)[C@@H](O)[C@@H](O)CO)O[C@H](CO)[C@@H](O)[C@@H]1O. The number of nitrogens with one attached hydrogen (secondary N) is 1. The summed E-state index contributed by atoms with van der Waals surface area (Å²) in [6, 6.07) is -1.67. The van der Waals surface area contributed by atoms with Gasteiger partial charge in [-0.1, -0.05) is 0 Å². The van der Waals surface area contributed by atoms with Crippen LogP contribution in [0.5, 0.6) is 0 Å². The van der Waals surface area contributed by atoms with Crippen molar-refractivity contribution in [2.45, 2.75) is 92.5 Å². The Kier molecular flexibility index (Phi) is 20.5. The molecule has 0 bridgehead atoms. The van der Waals surface area contributed by atoms with Crippen molar-refractivity contribution in [1.29, 1.82) is 0 Å². The minimum atomic E-state index is -5.30. The van der Waals surface area contributed by atoms with Crippen molar-refractivity contribution in [3.8, 4) is 0 Å². The number of phosphoric acid groups is 2. The molecule has 50 heavy (non-hydrogen) atoms. The van der Waals surface area contributed by atoms with Crippen LogP contribution in [0.25, 0.3) is 0 Å². The molecule has 1 rings (SSSR count). The zero-order chi connectivity index (χ0) is 38.6. The maximum absolute atomic E-state index is 12.5. The fraction of sp³-hybridized carbons (Fsp3) is 0.957. The summed E-state index contributed by atoms with van der Waals surface area (Å²) in [6.45, 7) is -6.85. The predicted octanol–water partition coefficient (Wildman–Crippen LogP) is -8.55. The summed E-state index contributed by atoms with van der Waals surface area (Å²) in [5, 5.41) is 129. The van der Waals surface area contributed by atoms with Crippen molar-refractivity contribution in [2.24, 2.45) is 0 Å². The highest BCUT2D eigenvalue weighted by molar-refractivity contribution is 7.47. The summed E-state index contributed by atoms with van der Waals surface area (Å²) in [4.78, 5) is 31.7. The number of rotatable bonds is 24. The smallest absolute Gasteiger partial charge is 0.394 e. The fourth-order valence-corrected chi connectivity index (χ4v) is 5.51. The van der Waals surface area contributed by atoms with Gasteiger partial charge in [-0.15, -0.1) is 0 Å². The number of ether oxygens (including phenoxy) is 2. The number of carbonyl (C=O) groups excluding carboxylic acids is 1. The second-order valence-electron chi connectivity index (χ2n) is 10.9. The first-order valence-electron chi connectivity index (χ1n) is 14.6. The van der Waals surface area contributed by atoms with E-state index in [9.17, 15) is 79.9 Å². The average Bonchev–Trinajstić information content (AvgIpc) is 3.07. The molecule has 1 saturated heterocycles. The van der Waals surface area contributed by atoms with Crippen LogP contribution in [0.4, 0.5) is 0 Å².